The highest BCUT2D eigenvalue weighted by Crippen LogP contribution is 2.21. The summed E-state index contributed by atoms with van der Waals surface area (Å²) in [6, 6.07) is 6.46. The van der Waals surface area contributed by atoms with Crippen LogP contribution in [0.15, 0.2) is 18.2 Å². The summed E-state index contributed by atoms with van der Waals surface area (Å²) in [6.07, 6.45) is 2.99. The fourth-order valence-corrected chi connectivity index (χ4v) is 3.25. The molecule has 0 bridgehead atoms. The SMILES string of the molecule is CSCC(C)Cn1c(CCCl)nc2ccc(C)cc21. The molecule has 0 saturated carbocycles. The molecular formula is C15H21ClN2S. The van der Waals surface area contributed by atoms with Gasteiger partial charge in [0.2, 0.25) is 0 Å². The number of halogens is 1. The van der Waals surface area contributed by atoms with Gasteiger partial charge in [0.15, 0.2) is 0 Å². The van der Waals surface area contributed by atoms with Gasteiger partial charge in [-0.05, 0) is 42.5 Å². The van der Waals surface area contributed by atoms with Gasteiger partial charge >= 0.3 is 0 Å². The number of aromatic nitrogens is 2. The second-order valence-corrected chi connectivity index (χ2v) is 6.42. The summed E-state index contributed by atoms with van der Waals surface area (Å²) in [5.41, 5.74) is 3.61. The summed E-state index contributed by atoms with van der Waals surface area (Å²) in [4.78, 5) is 4.73. The van der Waals surface area contributed by atoms with E-state index in [4.69, 9.17) is 16.6 Å². The van der Waals surface area contributed by atoms with Crippen LogP contribution in [0.25, 0.3) is 11.0 Å². The number of alkyl halides is 1. The zero-order chi connectivity index (χ0) is 13.8. The fraction of sp³-hybridized carbons (Fsp3) is 0.533. The van der Waals surface area contributed by atoms with E-state index in [1.54, 1.807) is 0 Å². The standard InChI is InChI=1S/C15H21ClN2S/c1-11-4-5-13-14(8-11)18(9-12(2)10-19-3)15(17-13)6-7-16/h4-5,8,12H,6-7,9-10H2,1-3H3. The number of benzene rings is 1. The average Bonchev–Trinajstić information content (AvgIpc) is 2.68. The number of fused-ring (bicyclic) bond motifs is 1. The van der Waals surface area contributed by atoms with Crippen molar-refractivity contribution in [2.45, 2.75) is 26.8 Å². The molecule has 4 heteroatoms. The second kappa shape index (κ2) is 6.67. The van der Waals surface area contributed by atoms with E-state index in [1.807, 2.05) is 11.8 Å². The van der Waals surface area contributed by atoms with Crippen molar-refractivity contribution in [3.63, 3.8) is 0 Å². The molecule has 104 valence electrons. The van der Waals surface area contributed by atoms with Crippen molar-refractivity contribution in [2.24, 2.45) is 5.92 Å². The number of hydrogen-bond donors (Lipinski definition) is 0. The van der Waals surface area contributed by atoms with Gasteiger partial charge in [0.25, 0.3) is 0 Å². The van der Waals surface area contributed by atoms with Gasteiger partial charge in [0, 0.05) is 18.8 Å². The third-order valence-electron chi connectivity index (χ3n) is 3.25. The zero-order valence-electron chi connectivity index (χ0n) is 11.8. The van der Waals surface area contributed by atoms with Crippen LogP contribution >= 0.6 is 23.4 Å². The Morgan fingerprint density at radius 2 is 2.21 bits per heavy atom. The Hall–Kier alpha value is -0.670. The van der Waals surface area contributed by atoms with E-state index in [0.29, 0.717) is 11.8 Å². The van der Waals surface area contributed by atoms with Crippen molar-refractivity contribution in [2.75, 3.05) is 17.9 Å². The minimum Gasteiger partial charge on any atom is -0.328 e. The number of imidazole rings is 1. The van der Waals surface area contributed by atoms with Crippen molar-refractivity contribution >= 4 is 34.4 Å². The highest BCUT2D eigenvalue weighted by Gasteiger charge is 2.13. The van der Waals surface area contributed by atoms with Gasteiger partial charge in [-0.15, -0.1) is 11.6 Å². The maximum absolute atomic E-state index is 5.91. The van der Waals surface area contributed by atoms with E-state index >= 15 is 0 Å². The Morgan fingerprint density at radius 3 is 2.89 bits per heavy atom. The lowest BCUT2D eigenvalue weighted by Crippen LogP contribution is -2.13. The quantitative estimate of drug-likeness (QED) is 0.746. The molecule has 0 fully saturated rings. The minimum atomic E-state index is 0.624. The Kier molecular flexibility index (Phi) is 5.17. The van der Waals surface area contributed by atoms with Gasteiger partial charge < -0.3 is 4.57 Å². The van der Waals surface area contributed by atoms with Crippen LogP contribution in [0.3, 0.4) is 0 Å². The maximum Gasteiger partial charge on any atom is 0.111 e. The number of thioether (sulfide) groups is 1. The molecule has 0 radical (unpaired) electrons. The Labute approximate surface area is 124 Å². The first-order chi connectivity index (χ1) is 9.15. The topological polar surface area (TPSA) is 17.8 Å². The third-order valence-corrected chi connectivity index (χ3v) is 4.34. The second-order valence-electron chi connectivity index (χ2n) is 5.13. The summed E-state index contributed by atoms with van der Waals surface area (Å²) >= 11 is 7.81. The molecule has 1 heterocycles. The molecule has 0 spiro atoms. The molecule has 1 aromatic heterocycles. The molecule has 2 rings (SSSR count). The van der Waals surface area contributed by atoms with Crippen LogP contribution in [0.4, 0.5) is 0 Å². The Bertz CT molecular complexity index is 550. The molecule has 0 aliphatic rings. The molecule has 1 unspecified atom stereocenters. The monoisotopic (exact) mass is 296 g/mol. The summed E-state index contributed by atoms with van der Waals surface area (Å²) in [7, 11) is 0. The van der Waals surface area contributed by atoms with E-state index in [-0.39, 0.29) is 0 Å². The molecule has 2 nitrogen and oxygen atoms in total. The minimum absolute atomic E-state index is 0.624. The molecule has 0 N–H and O–H groups in total. The Balaban J connectivity index is 2.41. The number of hydrogen-bond acceptors (Lipinski definition) is 2. The molecule has 1 aromatic carbocycles. The first-order valence-electron chi connectivity index (χ1n) is 6.66. The zero-order valence-corrected chi connectivity index (χ0v) is 13.4. The van der Waals surface area contributed by atoms with Crippen molar-refractivity contribution in [1.29, 1.82) is 0 Å². The molecule has 2 aromatic rings. The lowest BCUT2D eigenvalue weighted by Gasteiger charge is -2.14. The summed E-state index contributed by atoms with van der Waals surface area (Å²) in [5, 5.41) is 0. The molecular weight excluding hydrogens is 276 g/mol. The van der Waals surface area contributed by atoms with Crippen LogP contribution in [-0.4, -0.2) is 27.4 Å². The van der Waals surface area contributed by atoms with Gasteiger partial charge in [0.1, 0.15) is 5.82 Å². The van der Waals surface area contributed by atoms with E-state index in [1.165, 1.54) is 16.8 Å². The van der Waals surface area contributed by atoms with E-state index in [0.717, 1.165) is 24.3 Å². The molecule has 19 heavy (non-hydrogen) atoms. The maximum atomic E-state index is 5.91. The first kappa shape index (κ1) is 14.7. The van der Waals surface area contributed by atoms with Crippen molar-refractivity contribution in [3.8, 4) is 0 Å². The van der Waals surface area contributed by atoms with Gasteiger partial charge in [-0.2, -0.15) is 11.8 Å². The fourth-order valence-electron chi connectivity index (χ4n) is 2.41. The highest BCUT2D eigenvalue weighted by molar-refractivity contribution is 7.98. The molecule has 0 aliphatic carbocycles. The average molecular weight is 297 g/mol. The van der Waals surface area contributed by atoms with E-state index in [2.05, 4.69) is 42.9 Å². The summed E-state index contributed by atoms with van der Waals surface area (Å²) in [6.45, 7) is 5.44. The van der Waals surface area contributed by atoms with E-state index < -0.39 is 0 Å². The lowest BCUT2D eigenvalue weighted by atomic mass is 10.2. The van der Waals surface area contributed by atoms with E-state index in [9.17, 15) is 0 Å². The Morgan fingerprint density at radius 1 is 1.42 bits per heavy atom. The molecule has 0 amide bonds. The number of rotatable bonds is 6. The van der Waals surface area contributed by atoms with Gasteiger partial charge in [-0.3, -0.25) is 0 Å². The van der Waals surface area contributed by atoms with Crippen molar-refractivity contribution in [3.05, 3.63) is 29.6 Å². The number of aryl methyl sites for hydroxylation is 2. The predicted octanol–water partition coefficient (Wildman–Crippen LogP) is 4.13. The first-order valence-corrected chi connectivity index (χ1v) is 8.59. The molecule has 0 saturated heterocycles. The van der Waals surface area contributed by atoms with Crippen molar-refractivity contribution < 1.29 is 0 Å². The van der Waals surface area contributed by atoms with Crippen LogP contribution in [0.1, 0.15) is 18.3 Å². The van der Waals surface area contributed by atoms with Crippen LogP contribution in [0, 0.1) is 12.8 Å². The molecule has 1 atom stereocenters. The predicted molar refractivity (Wildman–Crippen MR) is 86.4 cm³/mol. The van der Waals surface area contributed by atoms with Gasteiger partial charge in [-0.1, -0.05) is 13.0 Å². The lowest BCUT2D eigenvalue weighted by molar-refractivity contribution is 0.526. The number of nitrogens with zero attached hydrogens (tertiary/aromatic N) is 2. The normalized spacial score (nSPS) is 13.1. The van der Waals surface area contributed by atoms with Crippen LogP contribution in [-0.2, 0) is 13.0 Å². The van der Waals surface area contributed by atoms with Crippen LogP contribution in [0.2, 0.25) is 0 Å². The third kappa shape index (κ3) is 3.46. The van der Waals surface area contributed by atoms with Gasteiger partial charge in [-0.25, -0.2) is 4.98 Å². The smallest absolute Gasteiger partial charge is 0.111 e. The van der Waals surface area contributed by atoms with Crippen molar-refractivity contribution in [1.82, 2.24) is 9.55 Å². The van der Waals surface area contributed by atoms with Crippen LogP contribution < -0.4 is 0 Å². The van der Waals surface area contributed by atoms with Crippen LogP contribution in [0.5, 0.6) is 0 Å². The molecule has 0 aliphatic heterocycles. The largest absolute Gasteiger partial charge is 0.328 e. The summed E-state index contributed by atoms with van der Waals surface area (Å²) in [5.74, 6) is 3.55. The summed E-state index contributed by atoms with van der Waals surface area (Å²) < 4.78 is 2.35. The highest BCUT2D eigenvalue weighted by atomic mass is 35.5. The van der Waals surface area contributed by atoms with Gasteiger partial charge in [0.05, 0.1) is 11.0 Å².